The van der Waals surface area contributed by atoms with Crippen LogP contribution in [0.3, 0.4) is 0 Å². The van der Waals surface area contributed by atoms with E-state index in [9.17, 15) is 0 Å². The third kappa shape index (κ3) is 1.91. The molecule has 0 aliphatic rings. The van der Waals surface area contributed by atoms with Gasteiger partial charge in [0.05, 0.1) is 4.21 Å². The number of hydrogen-bond donors (Lipinski definition) is 1. The van der Waals surface area contributed by atoms with Crippen LogP contribution in [0.4, 0.5) is 0 Å². The molecule has 0 unspecified atom stereocenters. The van der Waals surface area contributed by atoms with Crippen molar-refractivity contribution >= 4 is 23.1 Å². The molecule has 50 valence electrons. The maximum Gasteiger partial charge on any atom is 0.172 e. The van der Waals surface area contributed by atoms with Crippen LogP contribution < -0.4 is 0 Å². The molecule has 1 rings (SSSR count). The van der Waals surface area contributed by atoms with E-state index in [1.54, 1.807) is 17.8 Å². The Morgan fingerprint density at radius 3 is 2.89 bits per heavy atom. The normalized spacial score (nSPS) is 9.89. The van der Waals surface area contributed by atoms with Crippen LogP contribution in [0.1, 0.15) is 6.92 Å². The van der Waals surface area contributed by atoms with E-state index in [0.29, 0.717) is 5.06 Å². The molecular weight excluding hydrogens is 152 g/mol. The first kappa shape index (κ1) is 6.96. The molecule has 1 aromatic heterocycles. The van der Waals surface area contributed by atoms with Crippen LogP contribution in [-0.4, -0.2) is 10.9 Å². The molecule has 9 heavy (non-hydrogen) atoms. The molecule has 1 nitrogen and oxygen atoms in total. The second-order valence-electron chi connectivity index (χ2n) is 1.53. The first-order valence-electron chi connectivity index (χ1n) is 2.74. The van der Waals surface area contributed by atoms with Gasteiger partial charge in [0.2, 0.25) is 0 Å². The van der Waals surface area contributed by atoms with Crippen LogP contribution in [0.15, 0.2) is 16.3 Å². The summed E-state index contributed by atoms with van der Waals surface area (Å²) in [6.45, 7) is 2.10. The summed E-state index contributed by atoms with van der Waals surface area (Å²) in [7, 11) is 0. The van der Waals surface area contributed by atoms with Gasteiger partial charge in [-0.05, 0) is 17.9 Å². The van der Waals surface area contributed by atoms with E-state index in [1.165, 1.54) is 15.5 Å². The highest BCUT2D eigenvalue weighted by atomic mass is 32.2. The molecule has 3 heteroatoms. The molecule has 0 aromatic carbocycles. The fourth-order valence-electron chi connectivity index (χ4n) is 0.530. The van der Waals surface area contributed by atoms with E-state index in [0.717, 1.165) is 5.75 Å². The summed E-state index contributed by atoms with van der Waals surface area (Å²) in [6.07, 6.45) is 0. The van der Waals surface area contributed by atoms with Crippen molar-refractivity contribution in [2.75, 3.05) is 5.75 Å². The van der Waals surface area contributed by atoms with Gasteiger partial charge in [-0.25, -0.2) is 0 Å². The van der Waals surface area contributed by atoms with Crippen molar-refractivity contribution in [2.24, 2.45) is 0 Å². The molecule has 0 bridgehead atoms. The predicted octanol–water partition coefficient (Wildman–Crippen LogP) is 2.57. The zero-order chi connectivity index (χ0) is 6.69. The maximum atomic E-state index is 8.88. The third-order valence-electron chi connectivity index (χ3n) is 0.854. The second-order valence-corrected chi connectivity index (χ2v) is 4.15. The van der Waals surface area contributed by atoms with Gasteiger partial charge in [-0.2, -0.15) is 0 Å². The van der Waals surface area contributed by atoms with Crippen LogP contribution in [-0.2, 0) is 0 Å². The summed E-state index contributed by atoms with van der Waals surface area (Å²) in [5.41, 5.74) is 0. The lowest BCUT2D eigenvalue weighted by atomic mass is 10.7. The molecule has 1 heterocycles. The van der Waals surface area contributed by atoms with Crippen LogP contribution in [0.5, 0.6) is 5.06 Å². The Morgan fingerprint density at radius 1 is 1.67 bits per heavy atom. The number of hydrogen-bond acceptors (Lipinski definition) is 3. The number of aromatic hydroxyl groups is 1. The fraction of sp³-hybridized carbons (Fsp3) is 0.333. The minimum absolute atomic E-state index is 0.408. The van der Waals surface area contributed by atoms with Gasteiger partial charge in [-0.15, -0.1) is 11.8 Å². The molecule has 0 aliphatic carbocycles. The van der Waals surface area contributed by atoms with Gasteiger partial charge < -0.3 is 5.11 Å². The second kappa shape index (κ2) is 3.13. The summed E-state index contributed by atoms with van der Waals surface area (Å²) < 4.78 is 1.19. The molecule has 0 saturated heterocycles. The van der Waals surface area contributed by atoms with Crippen molar-refractivity contribution in [3.8, 4) is 5.06 Å². The molecule has 0 amide bonds. The lowest BCUT2D eigenvalue weighted by Gasteiger charge is -1.86. The Hall–Kier alpha value is -0.150. The highest BCUT2D eigenvalue weighted by Gasteiger charge is 1.94. The molecule has 0 spiro atoms. The maximum absolute atomic E-state index is 8.88. The van der Waals surface area contributed by atoms with Gasteiger partial charge in [0.1, 0.15) is 0 Å². The molecule has 0 radical (unpaired) electrons. The molecule has 0 fully saturated rings. The first-order chi connectivity index (χ1) is 4.33. The molecule has 0 aliphatic heterocycles. The van der Waals surface area contributed by atoms with Gasteiger partial charge >= 0.3 is 0 Å². The van der Waals surface area contributed by atoms with E-state index in [1.807, 2.05) is 6.07 Å². The summed E-state index contributed by atoms with van der Waals surface area (Å²) in [5, 5.41) is 9.29. The molecule has 0 atom stereocenters. The van der Waals surface area contributed by atoms with E-state index >= 15 is 0 Å². The molecule has 1 aromatic rings. The minimum Gasteiger partial charge on any atom is -0.499 e. The average Bonchev–Trinajstić information content (AvgIpc) is 2.17. The molecule has 1 N–H and O–H groups in total. The summed E-state index contributed by atoms with van der Waals surface area (Å²) in [6, 6.07) is 3.66. The summed E-state index contributed by atoms with van der Waals surface area (Å²) in [4.78, 5) is 0. The van der Waals surface area contributed by atoms with E-state index in [2.05, 4.69) is 6.92 Å². The number of rotatable bonds is 2. The third-order valence-corrected chi connectivity index (χ3v) is 2.85. The van der Waals surface area contributed by atoms with E-state index < -0.39 is 0 Å². The van der Waals surface area contributed by atoms with E-state index in [4.69, 9.17) is 5.11 Å². The highest BCUT2D eigenvalue weighted by molar-refractivity contribution is 8.01. The van der Waals surface area contributed by atoms with Crippen molar-refractivity contribution in [3.05, 3.63) is 12.1 Å². The SMILES string of the molecule is CCSc1ccc(O)s1. The molecular formula is C6H8OS2. The van der Waals surface area contributed by atoms with E-state index in [-0.39, 0.29) is 0 Å². The van der Waals surface area contributed by atoms with Gasteiger partial charge in [-0.1, -0.05) is 18.3 Å². The first-order valence-corrected chi connectivity index (χ1v) is 4.54. The van der Waals surface area contributed by atoms with Gasteiger partial charge in [0, 0.05) is 0 Å². The smallest absolute Gasteiger partial charge is 0.172 e. The zero-order valence-electron chi connectivity index (χ0n) is 5.13. The van der Waals surface area contributed by atoms with Crippen molar-refractivity contribution in [1.29, 1.82) is 0 Å². The van der Waals surface area contributed by atoms with Crippen molar-refractivity contribution in [1.82, 2.24) is 0 Å². The number of thioether (sulfide) groups is 1. The summed E-state index contributed by atoms with van der Waals surface area (Å²) >= 11 is 3.19. The van der Waals surface area contributed by atoms with Crippen LogP contribution >= 0.6 is 23.1 Å². The van der Waals surface area contributed by atoms with Gasteiger partial charge in [-0.3, -0.25) is 0 Å². The topological polar surface area (TPSA) is 20.2 Å². The average molecular weight is 160 g/mol. The Morgan fingerprint density at radius 2 is 2.44 bits per heavy atom. The minimum atomic E-state index is 0.408. The van der Waals surface area contributed by atoms with Crippen molar-refractivity contribution < 1.29 is 5.11 Å². The Kier molecular flexibility index (Phi) is 2.42. The predicted molar refractivity (Wildman–Crippen MR) is 42.4 cm³/mol. The van der Waals surface area contributed by atoms with Crippen molar-refractivity contribution in [2.45, 2.75) is 11.1 Å². The van der Waals surface area contributed by atoms with Crippen molar-refractivity contribution in [3.63, 3.8) is 0 Å². The largest absolute Gasteiger partial charge is 0.499 e. The van der Waals surface area contributed by atoms with Gasteiger partial charge in [0.15, 0.2) is 5.06 Å². The molecule has 0 saturated carbocycles. The lowest BCUT2D eigenvalue weighted by molar-refractivity contribution is 0.491. The van der Waals surface area contributed by atoms with Gasteiger partial charge in [0.25, 0.3) is 0 Å². The highest BCUT2D eigenvalue weighted by Crippen LogP contribution is 2.30. The standard InChI is InChI=1S/C6H8OS2/c1-2-8-6-4-3-5(7)9-6/h3-4,7H,2H2,1H3. The lowest BCUT2D eigenvalue weighted by Crippen LogP contribution is -1.59. The monoisotopic (exact) mass is 160 g/mol. The Bertz CT molecular complexity index is 183. The number of thiophene rings is 1. The quantitative estimate of drug-likeness (QED) is 0.671. The Balaban J connectivity index is 2.61. The van der Waals surface area contributed by atoms with Crippen LogP contribution in [0.25, 0.3) is 0 Å². The zero-order valence-corrected chi connectivity index (χ0v) is 6.76. The van der Waals surface area contributed by atoms with Crippen LogP contribution in [0.2, 0.25) is 0 Å². The fourth-order valence-corrected chi connectivity index (χ4v) is 2.30. The summed E-state index contributed by atoms with van der Waals surface area (Å²) in [5.74, 6) is 1.07. The Labute approximate surface area is 62.7 Å². The van der Waals surface area contributed by atoms with Crippen LogP contribution in [0, 0.1) is 0 Å².